The van der Waals surface area contributed by atoms with E-state index < -0.39 is 0 Å². The van der Waals surface area contributed by atoms with E-state index >= 15 is 0 Å². The Morgan fingerprint density at radius 1 is 1.12 bits per heavy atom. The number of thiazole rings is 1. The van der Waals surface area contributed by atoms with Crippen molar-refractivity contribution in [1.29, 1.82) is 0 Å². The molecule has 1 saturated carbocycles. The number of halogens is 1. The van der Waals surface area contributed by atoms with E-state index in [0.29, 0.717) is 18.5 Å². The van der Waals surface area contributed by atoms with E-state index in [1.165, 1.54) is 12.1 Å². The number of hydrogen-bond donors (Lipinski definition) is 1. The average molecular weight is 481 g/mol. The summed E-state index contributed by atoms with van der Waals surface area (Å²) in [5.74, 6) is 0.820. The summed E-state index contributed by atoms with van der Waals surface area (Å²) in [4.78, 5) is 31.4. The van der Waals surface area contributed by atoms with E-state index in [1.807, 2.05) is 30.0 Å². The Morgan fingerprint density at radius 3 is 2.53 bits per heavy atom. The molecule has 2 aromatic heterocycles. The number of rotatable bonds is 7. The number of carbonyl (C=O) groups excluding carboxylic acids is 1. The minimum Gasteiger partial charge on any atom is -0.351 e. The third-order valence-electron chi connectivity index (χ3n) is 6.21. The molecule has 9 heteroatoms. The molecule has 0 spiro atoms. The van der Waals surface area contributed by atoms with E-state index in [9.17, 15) is 9.18 Å². The van der Waals surface area contributed by atoms with Gasteiger partial charge in [0, 0.05) is 36.8 Å². The van der Waals surface area contributed by atoms with Gasteiger partial charge in [-0.05, 0) is 70.1 Å². The monoisotopic (exact) mass is 480 g/mol. The number of carbonyl (C=O) groups is 1. The summed E-state index contributed by atoms with van der Waals surface area (Å²) < 4.78 is 13.6. The lowest BCUT2D eigenvalue weighted by Crippen LogP contribution is -2.42. The van der Waals surface area contributed by atoms with E-state index in [-0.39, 0.29) is 17.6 Å². The Bertz CT molecular complexity index is 1150. The number of hydrogen-bond acceptors (Lipinski definition) is 7. The molecule has 3 aromatic rings. The van der Waals surface area contributed by atoms with Gasteiger partial charge >= 0.3 is 0 Å². The zero-order valence-corrected chi connectivity index (χ0v) is 20.3. The van der Waals surface area contributed by atoms with Crippen LogP contribution in [0.5, 0.6) is 0 Å². The lowest BCUT2D eigenvalue weighted by Gasteiger charge is -2.31. The molecule has 34 heavy (non-hydrogen) atoms. The minimum atomic E-state index is -0.270. The van der Waals surface area contributed by atoms with Crippen LogP contribution in [0.4, 0.5) is 10.3 Å². The van der Waals surface area contributed by atoms with Crippen LogP contribution in [0.1, 0.15) is 36.6 Å². The molecule has 5 rings (SSSR count). The maximum Gasteiger partial charge on any atom is 0.236 e. The van der Waals surface area contributed by atoms with Gasteiger partial charge < -0.3 is 15.1 Å². The molecular weight excluding hydrogens is 451 g/mol. The first kappa shape index (κ1) is 22.9. The van der Waals surface area contributed by atoms with Crippen molar-refractivity contribution >= 4 is 23.2 Å². The fourth-order valence-electron chi connectivity index (χ4n) is 4.20. The maximum absolute atomic E-state index is 13.6. The van der Waals surface area contributed by atoms with Crippen molar-refractivity contribution in [2.24, 2.45) is 0 Å². The Kier molecular flexibility index (Phi) is 6.56. The van der Waals surface area contributed by atoms with Gasteiger partial charge in [0.25, 0.3) is 0 Å². The Morgan fingerprint density at radius 2 is 1.85 bits per heavy atom. The highest BCUT2D eigenvalue weighted by Gasteiger charge is 2.28. The highest BCUT2D eigenvalue weighted by atomic mass is 32.1. The number of nitrogens with zero attached hydrogens (tertiary/aromatic N) is 5. The summed E-state index contributed by atoms with van der Waals surface area (Å²) in [6.07, 6.45) is 5.83. The molecule has 2 aliphatic rings. The van der Waals surface area contributed by atoms with Gasteiger partial charge in [0.05, 0.1) is 27.8 Å². The first-order valence-corrected chi connectivity index (χ1v) is 12.6. The number of aromatic nitrogens is 3. The Labute approximate surface area is 203 Å². The van der Waals surface area contributed by atoms with Crippen LogP contribution in [-0.4, -0.2) is 70.4 Å². The summed E-state index contributed by atoms with van der Waals surface area (Å²) in [7, 11) is 3.83. The van der Waals surface area contributed by atoms with Gasteiger partial charge in [-0.1, -0.05) is 0 Å². The highest BCUT2D eigenvalue weighted by Crippen LogP contribution is 2.41. The number of piperidine rings is 1. The van der Waals surface area contributed by atoms with Crippen LogP contribution in [-0.2, 0) is 4.79 Å². The molecule has 178 valence electrons. The van der Waals surface area contributed by atoms with Crippen molar-refractivity contribution in [3.63, 3.8) is 0 Å². The second kappa shape index (κ2) is 9.76. The van der Waals surface area contributed by atoms with Crippen LogP contribution < -0.4 is 5.32 Å². The van der Waals surface area contributed by atoms with Crippen LogP contribution in [0.3, 0.4) is 0 Å². The minimum absolute atomic E-state index is 0.173. The van der Waals surface area contributed by atoms with Gasteiger partial charge in [-0.3, -0.25) is 4.79 Å². The number of likely N-dealkylation sites (tertiary alicyclic amines) is 1. The fourth-order valence-corrected chi connectivity index (χ4v) is 5.43. The van der Waals surface area contributed by atoms with Crippen molar-refractivity contribution < 1.29 is 9.18 Å². The summed E-state index contributed by atoms with van der Waals surface area (Å²) in [6.45, 7) is 1.91. The molecule has 1 aliphatic carbocycles. The van der Waals surface area contributed by atoms with E-state index in [2.05, 4.69) is 10.3 Å². The number of anilines is 1. The zero-order valence-electron chi connectivity index (χ0n) is 19.5. The molecule has 1 aromatic carbocycles. The van der Waals surface area contributed by atoms with Crippen molar-refractivity contribution in [1.82, 2.24) is 24.8 Å². The van der Waals surface area contributed by atoms with Crippen LogP contribution in [0.2, 0.25) is 0 Å². The Balaban J connectivity index is 1.42. The molecule has 1 N–H and O–H groups in total. The summed E-state index contributed by atoms with van der Waals surface area (Å²) in [5, 5.41) is 4.41. The molecule has 0 radical (unpaired) electrons. The molecular formula is C25H29FN6OS. The molecule has 0 bridgehead atoms. The summed E-state index contributed by atoms with van der Waals surface area (Å²) in [6, 6.07) is 8.84. The third-order valence-corrected chi connectivity index (χ3v) is 7.45. The number of nitrogens with one attached hydrogen (secondary N) is 1. The number of likely N-dealkylation sites (N-methyl/N-ethyl adjacent to an activating group) is 1. The molecule has 0 atom stereocenters. The lowest BCUT2D eigenvalue weighted by molar-refractivity contribution is -0.132. The predicted molar refractivity (Wildman–Crippen MR) is 132 cm³/mol. The number of benzene rings is 1. The van der Waals surface area contributed by atoms with E-state index in [0.717, 1.165) is 65.6 Å². The molecule has 1 aliphatic heterocycles. The standard InChI is InChI=1S/C25H29FN6OS/c1-31(2)15-21(33)32-13-10-17(11-14-32)24-30-22(16-3-5-18(26)6-4-16)23(34-24)20-9-12-27-25(29-20)28-19-7-8-19/h3-6,9,12,17,19H,7-8,10-11,13-15H2,1-2H3,(H,27,28,29). The van der Waals surface area contributed by atoms with Crippen LogP contribution in [0.15, 0.2) is 36.5 Å². The summed E-state index contributed by atoms with van der Waals surface area (Å²) >= 11 is 1.65. The first-order valence-electron chi connectivity index (χ1n) is 11.8. The van der Waals surface area contributed by atoms with Crippen LogP contribution in [0.25, 0.3) is 21.8 Å². The van der Waals surface area contributed by atoms with Crippen molar-refractivity contribution in [3.05, 3.63) is 47.4 Å². The van der Waals surface area contributed by atoms with Gasteiger partial charge in [-0.15, -0.1) is 11.3 Å². The smallest absolute Gasteiger partial charge is 0.236 e. The maximum atomic E-state index is 13.6. The van der Waals surface area contributed by atoms with E-state index in [1.54, 1.807) is 29.7 Å². The van der Waals surface area contributed by atoms with Gasteiger partial charge in [0.2, 0.25) is 11.9 Å². The van der Waals surface area contributed by atoms with Gasteiger partial charge in [0.15, 0.2) is 0 Å². The topological polar surface area (TPSA) is 74.2 Å². The molecule has 0 unspecified atom stereocenters. The fraction of sp³-hybridized carbons (Fsp3) is 0.440. The van der Waals surface area contributed by atoms with Gasteiger partial charge in [-0.25, -0.2) is 19.3 Å². The molecule has 3 heterocycles. The van der Waals surface area contributed by atoms with Crippen molar-refractivity contribution in [2.75, 3.05) is 39.0 Å². The second-order valence-corrected chi connectivity index (χ2v) is 10.3. The first-order chi connectivity index (χ1) is 16.5. The SMILES string of the molecule is CN(C)CC(=O)N1CCC(c2nc(-c3ccc(F)cc3)c(-c3ccnc(NC4CC4)n3)s2)CC1. The number of amides is 1. The predicted octanol–water partition coefficient (Wildman–Crippen LogP) is 4.25. The van der Waals surface area contributed by atoms with Crippen LogP contribution >= 0.6 is 11.3 Å². The second-order valence-electron chi connectivity index (χ2n) is 9.31. The molecule has 1 amide bonds. The third kappa shape index (κ3) is 5.26. The van der Waals surface area contributed by atoms with Gasteiger partial charge in [-0.2, -0.15) is 0 Å². The quantitative estimate of drug-likeness (QED) is 0.545. The molecule has 2 fully saturated rings. The van der Waals surface area contributed by atoms with Crippen molar-refractivity contribution in [2.45, 2.75) is 37.6 Å². The normalized spacial score (nSPS) is 16.8. The molecule has 7 nitrogen and oxygen atoms in total. The Hall–Kier alpha value is -2.91. The zero-order chi connectivity index (χ0) is 23.7. The summed E-state index contributed by atoms with van der Waals surface area (Å²) in [5.41, 5.74) is 2.51. The van der Waals surface area contributed by atoms with E-state index in [4.69, 9.17) is 9.97 Å². The highest BCUT2D eigenvalue weighted by molar-refractivity contribution is 7.15. The van der Waals surface area contributed by atoms with Crippen molar-refractivity contribution in [3.8, 4) is 21.8 Å². The average Bonchev–Trinajstić information content (AvgIpc) is 3.53. The lowest BCUT2D eigenvalue weighted by atomic mass is 9.97. The van der Waals surface area contributed by atoms with Crippen LogP contribution in [0, 0.1) is 5.82 Å². The largest absolute Gasteiger partial charge is 0.351 e. The van der Waals surface area contributed by atoms with Gasteiger partial charge in [0.1, 0.15) is 5.82 Å². The molecule has 1 saturated heterocycles.